The van der Waals surface area contributed by atoms with Gasteiger partial charge in [-0.2, -0.15) is 4.31 Å². The number of rotatable bonds is 6. The predicted molar refractivity (Wildman–Crippen MR) is 80.8 cm³/mol. The van der Waals surface area contributed by atoms with Crippen LogP contribution in [0.25, 0.3) is 0 Å². The van der Waals surface area contributed by atoms with Gasteiger partial charge in [-0.25, -0.2) is 8.42 Å². The van der Waals surface area contributed by atoms with Crippen molar-refractivity contribution in [3.05, 3.63) is 13.6 Å². The van der Waals surface area contributed by atoms with Gasteiger partial charge in [0.1, 0.15) is 4.90 Å². The molecule has 19 heavy (non-hydrogen) atoms. The Morgan fingerprint density at radius 1 is 1.47 bits per heavy atom. The molecule has 1 aromatic rings. The Hall–Kier alpha value is 0.0400. The molecule has 0 unspecified atom stereocenters. The molecule has 0 saturated heterocycles. The molecule has 1 aromatic heterocycles. The molecule has 0 spiro atoms. The zero-order chi connectivity index (χ0) is 14.6. The lowest BCUT2D eigenvalue weighted by molar-refractivity contribution is -0.140. The van der Waals surface area contributed by atoms with Crippen molar-refractivity contribution in [3.8, 4) is 0 Å². The summed E-state index contributed by atoms with van der Waals surface area (Å²) in [6.07, 6.45) is 0.0342. The van der Waals surface area contributed by atoms with Gasteiger partial charge in [-0.15, -0.1) is 11.3 Å². The molecule has 0 aliphatic heterocycles. The van der Waals surface area contributed by atoms with E-state index in [1.807, 2.05) is 0 Å². The van der Waals surface area contributed by atoms with Gasteiger partial charge in [-0.1, -0.05) is 6.92 Å². The minimum atomic E-state index is -3.61. The first-order chi connectivity index (χ1) is 8.82. The summed E-state index contributed by atoms with van der Waals surface area (Å²) in [5.41, 5.74) is 0. The number of carbonyl (C=O) groups is 1. The second kappa shape index (κ2) is 7.16. The summed E-state index contributed by atoms with van der Waals surface area (Å²) in [6.45, 7) is 2.12. The summed E-state index contributed by atoms with van der Waals surface area (Å²) in [5, 5.41) is 0. The molecule has 0 aliphatic carbocycles. The lowest BCUT2D eigenvalue weighted by Gasteiger charge is -2.19. The van der Waals surface area contributed by atoms with E-state index in [4.69, 9.17) is 0 Å². The molecular formula is C10H13Br2NO4S2. The van der Waals surface area contributed by atoms with Crippen molar-refractivity contribution in [1.82, 2.24) is 4.31 Å². The fourth-order valence-electron chi connectivity index (χ4n) is 1.41. The van der Waals surface area contributed by atoms with Gasteiger partial charge in [-0.3, -0.25) is 4.79 Å². The van der Waals surface area contributed by atoms with Crippen LogP contribution in [0.2, 0.25) is 0 Å². The van der Waals surface area contributed by atoms with E-state index in [9.17, 15) is 13.2 Å². The van der Waals surface area contributed by atoms with E-state index < -0.39 is 16.0 Å². The molecule has 0 aromatic carbocycles. The number of halogens is 2. The maximum Gasteiger partial charge on any atom is 0.306 e. The topological polar surface area (TPSA) is 63.7 Å². The van der Waals surface area contributed by atoms with Crippen LogP contribution in [-0.2, 0) is 19.6 Å². The number of carbonyl (C=O) groups excluding carboxylic acids is 1. The molecule has 0 saturated carbocycles. The number of esters is 1. The molecule has 0 amide bonds. The van der Waals surface area contributed by atoms with E-state index in [2.05, 4.69) is 36.6 Å². The first kappa shape index (κ1) is 17.1. The molecule has 0 aliphatic rings. The number of ether oxygens (including phenoxy) is 1. The van der Waals surface area contributed by atoms with Crippen LogP contribution in [0, 0.1) is 0 Å². The zero-order valence-electron chi connectivity index (χ0n) is 10.4. The average molecular weight is 435 g/mol. The highest BCUT2D eigenvalue weighted by Gasteiger charge is 2.27. The van der Waals surface area contributed by atoms with Crippen LogP contribution >= 0.6 is 43.2 Å². The normalized spacial score (nSPS) is 11.8. The number of sulfonamides is 1. The van der Waals surface area contributed by atoms with Gasteiger partial charge in [-0.05, 0) is 37.9 Å². The van der Waals surface area contributed by atoms with E-state index in [1.165, 1.54) is 22.8 Å². The SMILES string of the molecule is CCN(CCC(=O)OC)S(=O)(=O)c1cc(Br)sc1Br. The van der Waals surface area contributed by atoms with Crippen molar-refractivity contribution in [1.29, 1.82) is 0 Å². The molecule has 108 valence electrons. The zero-order valence-corrected chi connectivity index (χ0v) is 15.2. The fraction of sp³-hybridized carbons (Fsp3) is 0.500. The second-order valence-electron chi connectivity index (χ2n) is 3.51. The van der Waals surface area contributed by atoms with Crippen LogP contribution in [-0.4, -0.2) is 38.9 Å². The van der Waals surface area contributed by atoms with Crippen LogP contribution in [0.15, 0.2) is 18.5 Å². The van der Waals surface area contributed by atoms with E-state index in [-0.39, 0.29) is 17.9 Å². The van der Waals surface area contributed by atoms with Crippen molar-refractivity contribution < 1.29 is 17.9 Å². The molecule has 0 fully saturated rings. The summed E-state index contributed by atoms with van der Waals surface area (Å²) in [4.78, 5) is 11.3. The van der Waals surface area contributed by atoms with Crippen molar-refractivity contribution in [2.75, 3.05) is 20.2 Å². The van der Waals surface area contributed by atoms with Gasteiger partial charge >= 0.3 is 5.97 Å². The van der Waals surface area contributed by atoms with Crippen LogP contribution in [0.4, 0.5) is 0 Å². The van der Waals surface area contributed by atoms with Gasteiger partial charge < -0.3 is 4.74 Å². The first-order valence-electron chi connectivity index (χ1n) is 5.34. The van der Waals surface area contributed by atoms with Gasteiger partial charge in [0.05, 0.1) is 21.1 Å². The van der Waals surface area contributed by atoms with Crippen LogP contribution in [0.1, 0.15) is 13.3 Å². The van der Waals surface area contributed by atoms with E-state index in [1.54, 1.807) is 13.0 Å². The molecule has 0 radical (unpaired) electrons. The lowest BCUT2D eigenvalue weighted by atomic mass is 10.4. The monoisotopic (exact) mass is 433 g/mol. The number of nitrogens with zero attached hydrogens (tertiary/aromatic N) is 1. The third-order valence-electron chi connectivity index (χ3n) is 2.39. The standard InChI is InChI=1S/C10H13Br2NO4S2/c1-3-13(5-4-9(14)17-2)19(15,16)7-6-8(11)18-10(7)12/h6H,3-5H2,1-2H3. The van der Waals surface area contributed by atoms with Crippen molar-refractivity contribution in [3.63, 3.8) is 0 Å². The average Bonchev–Trinajstić information content (AvgIpc) is 2.69. The minimum absolute atomic E-state index is 0.0342. The molecule has 0 bridgehead atoms. The van der Waals surface area contributed by atoms with Crippen molar-refractivity contribution in [2.24, 2.45) is 0 Å². The Kier molecular flexibility index (Phi) is 6.44. The lowest BCUT2D eigenvalue weighted by Crippen LogP contribution is -2.33. The number of thiophene rings is 1. The maximum atomic E-state index is 12.4. The van der Waals surface area contributed by atoms with Crippen LogP contribution < -0.4 is 0 Å². The Bertz CT molecular complexity index is 556. The molecule has 0 atom stereocenters. The Morgan fingerprint density at radius 2 is 2.11 bits per heavy atom. The third kappa shape index (κ3) is 4.25. The highest BCUT2D eigenvalue weighted by molar-refractivity contribution is 9.12. The third-order valence-corrected chi connectivity index (χ3v) is 7.12. The number of hydrogen-bond acceptors (Lipinski definition) is 5. The molecule has 5 nitrogen and oxygen atoms in total. The van der Waals surface area contributed by atoms with Crippen LogP contribution in [0.5, 0.6) is 0 Å². The smallest absolute Gasteiger partial charge is 0.306 e. The van der Waals surface area contributed by atoms with Gasteiger partial charge in [0.15, 0.2) is 0 Å². The van der Waals surface area contributed by atoms with Gasteiger partial charge in [0.25, 0.3) is 0 Å². The summed E-state index contributed by atoms with van der Waals surface area (Å²) < 4.78 is 31.9. The summed E-state index contributed by atoms with van der Waals surface area (Å²) in [5.74, 6) is -0.431. The quantitative estimate of drug-likeness (QED) is 0.645. The van der Waals surface area contributed by atoms with E-state index >= 15 is 0 Å². The first-order valence-corrected chi connectivity index (χ1v) is 9.19. The minimum Gasteiger partial charge on any atom is -0.469 e. The summed E-state index contributed by atoms with van der Waals surface area (Å²) >= 11 is 7.78. The largest absolute Gasteiger partial charge is 0.469 e. The second-order valence-corrected chi connectivity index (χ2v) is 9.17. The van der Waals surface area contributed by atoms with E-state index in [0.29, 0.717) is 10.3 Å². The van der Waals surface area contributed by atoms with Gasteiger partial charge in [0.2, 0.25) is 10.0 Å². The Balaban J connectivity index is 2.96. The fourth-order valence-corrected chi connectivity index (χ4v) is 6.62. The maximum absolute atomic E-state index is 12.4. The molecule has 9 heteroatoms. The number of hydrogen-bond donors (Lipinski definition) is 0. The Labute approximate surface area is 133 Å². The summed E-state index contributed by atoms with van der Waals surface area (Å²) in [6, 6.07) is 1.55. The van der Waals surface area contributed by atoms with Crippen LogP contribution in [0.3, 0.4) is 0 Å². The molecule has 1 heterocycles. The van der Waals surface area contributed by atoms with Crippen molar-refractivity contribution >= 4 is 59.2 Å². The number of methoxy groups -OCH3 is 1. The summed E-state index contributed by atoms with van der Waals surface area (Å²) in [7, 11) is -2.33. The van der Waals surface area contributed by atoms with E-state index in [0.717, 1.165) is 3.79 Å². The Morgan fingerprint density at radius 3 is 2.53 bits per heavy atom. The molecular weight excluding hydrogens is 422 g/mol. The highest BCUT2D eigenvalue weighted by atomic mass is 79.9. The molecule has 1 rings (SSSR count). The predicted octanol–water partition coefficient (Wildman–Crippen LogP) is 2.85. The van der Waals surface area contributed by atoms with Crippen molar-refractivity contribution in [2.45, 2.75) is 18.2 Å². The van der Waals surface area contributed by atoms with Gasteiger partial charge in [0, 0.05) is 13.1 Å². The molecule has 0 N–H and O–H groups in total. The highest BCUT2D eigenvalue weighted by Crippen LogP contribution is 2.36.